The average molecular weight is 256 g/mol. The van der Waals surface area contributed by atoms with Crippen LogP contribution in [0.3, 0.4) is 0 Å². The molecule has 0 spiro atoms. The third kappa shape index (κ3) is 2.57. The molecule has 0 radical (unpaired) electrons. The summed E-state index contributed by atoms with van der Waals surface area (Å²) in [6.45, 7) is 0. The number of nitrogens with zero attached hydrogens (tertiary/aromatic N) is 2. The molecule has 0 atom stereocenters. The van der Waals surface area contributed by atoms with Crippen molar-refractivity contribution in [1.82, 2.24) is 0 Å². The number of nitrogens with two attached hydrogens (primary N) is 2. The Labute approximate surface area is 109 Å². The van der Waals surface area contributed by atoms with E-state index in [-0.39, 0.29) is 11.4 Å². The van der Waals surface area contributed by atoms with Crippen molar-refractivity contribution < 1.29 is 0 Å². The van der Waals surface area contributed by atoms with Gasteiger partial charge in [0.25, 0.3) is 0 Å². The standard InChI is InChI=1S/C13H12N4O2/c14-10-3-1-2-8(6-12(10)16-18)9-4-5-11(15)13(7-9)17-19/h1,3-7H,2,14-15H2. The van der Waals surface area contributed by atoms with Crippen LogP contribution in [0.2, 0.25) is 0 Å². The van der Waals surface area contributed by atoms with Crippen LogP contribution < -0.4 is 11.5 Å². The van der Waals surface area contributed by atoms with Crippen molar-refractivity contribution in [2.75, 3.05) is 5.73 Å². The summed E-state index contributed by atoms with van der Waals surface area (Å²) in [5.41, 5.74) is 13.8. The molecule has 1 aromatic carbocycles. The molecule has 1 aromatic rings. The highest BCUT2D eigenvalue weighted by Crippen LogP contribution is 2.30. The van der Waals surface area contributed by atoms with Crippen LogP contribution in [0.5, 0.6) is 0 Å². The first-order valence-electron chi connectivity index (χ1n) is 5.59. The number of allylic oxidation sites excluding steroid dienone is 4. The Bertz CT molecular complexity index is 630. The summed E-state index contributed by atoms with van der Waals surface area (Å²) in [6.07, 6.45) is 5.63. The summed E-state index contributed by atoms with van der Waals surface area (Å²) in [7, 11) is 0. The Kier molecular flexibility index (Phi) is 3.51. The van der Waals surface area contributed by atoms with E-state index < -0.39 is 0 Å². The Morgan fingerprint density at radius 1 is 1.11 bits per heavy atom. The SMILES string of the molecule is NC1=C(N=O)C=C(c2ccc(N)c(N=O)c2)CC=C1. The Morgan fingerprint density at radius 3 is 2.58 bits per heavy atom. The van der Waals surface area contributed by atoms with E-state index in [1.165, 1.54) is 0 Å². The number of rotatable bonds is 3. The topological polar surface area (TPSA) is 111 Å². The largest absolute Gasteiger partial charge is 0.397 e. The van der Waals surface area contributed by atoms with Gasteiger partial charge in [-0.1, -0.05) is 12.1 Å². The number of nitroso groups, excluding NO2 is 2. The van der Waals surface area contributed by atoms with Gasteiger partial charge in [-0.05, 0) is 52.2 Å². The van der Waals surface area contributed by atoms with Gasteiger partial charge in [0.15, 0.2) is 0 Å². The van der Waals surface area contributed by atoms with Gasteiger partial charge in [-0.3, -0.25) is 0 Å². The van der Waals surface area contributed by atoms with Crippen LogP contribution >= 0.6 is 0 Å². The van der Waals surface area contributed by atoms with Crippen molar-refractivity contribution in [3.05, 3.63) is 63.2 Å². The van der Waals surface area contributed by atoms with Crippen molar-refractivity contribution in [2.45, 2.75) is 6.42 Å². The number of hydrogen-bond donors (Lipinski definition) is 2. The molecule has 0 amide bonds. The predicted molar refractivity (Wildman–Crippen MR) is 75.1 cm³/mol. The van der Waals surface area contributed by atoms with Crippen LogP contribution in [0.1, 0.15) is 12.0 Å². The second-order valence-corrected chi connectivity index (χ2v) is 4.07. The molecular weight excluding hydrogens is 244 g/mol. The average Bonchev–Trinajstić information content (AvgIpc) is 2.61. The van der Waals surface area contributed by atoms with Gasteiger partial charge in [0.05, 0.1) is 11.4 Å². The Morgan fingerprint density at radius 2 is 1.89 bits per heavy atom. The van der Waals surface area contributed by atoms with Crippen molar-refractivity contribution in [3.63, 3.8) is 0 Å². The molecule has 4 N–H and O–H groups in total. The first kappa shape index (κ1) is 12.7. The number of benzene rings is 1. The molecule has 0 unspecified atom stereocenters. The summed E-state index contributed by atoms with van der Waals surface area (Å²) in [6, 6.07) is 4.93. The van der Waals surface area contributed by atoms with Gasteiger partial charge in [0.2, 0.25) is 0 Å². The molecule has 0 fully saturated rings. The van der Waals surface area contributed by atoms with E-state index in [0.717, 1.165) is 11.1 Å². The van der Waals surface area contributed by atoms with E-state index in [2.05, 4.69) is 10.4 Å². The van der Waals surface area contributed by atoms with E-state index in [1.54, 1.807) is 30.4 Å². The van der Waals surface area contributed by atoms with Crippen LogP contribution in [-0.4, -0.2) is 0 Å². The fourth-order valence-corrected chi connectivity index (χ4v) is 1.81. The monoisotopic (exact) mass is 256 g/mol. The lowest BCUT2D eigenvalue weighted by Gasteiger charge is -2.06. The molecule has 96 valence electrons. The lowest BCUT2D eigenvalue weighted by atomic mass is 10.0. The van der Waals surface area contributed by atoms with Crippen LogP contribution in [0.25, 0.3) is 5.57 Å². The molecule has 0 saturated carbocycles. The van der Waals surface area contributed by atoms with Crippen LogP contribution in [0.4, 0.5) is 11.4 Å². The van der Waals surface area contributed by atoms with Crippen molar-refractivity contribution in [1.29, 1.82) is 0 Å². The second-order valence-electron chi connectivity index (χ2n) is 4.07. The summed E-state index contributed by atoms with van der Waals surface area (Å²) in [5, 5.41) is 5.75. The normalized spacial score (nSPS) is 14.8. The molecular formula is C13H12N4O2. The van der Waals surface area contributed by atoms with Gasteiger partial charge in [-0.25, -0.2) is 0 Å². The zero-order valence-corrected chi connectivity index (χ0v) is 10.0. The fraction of sp³-hybridized carbons (Fsp3) is 0.0769. The lowest BCUT2D eigenvalue weighted by Crippen LogP contribution is -1.95. The summed E-state index contributed by atoms with van der Waals surface area (Å²) in [5.74, 6) is 0. The van der Waals surface area contributed by atoms with E-state index in [4.69, 9.17) is 11.5 Å². The first-order chi connectivity index (χ1) is 9.15. The second kappa shape index (κ2) is 5.26. The molecule has 2 rings (SSSR count). The lowest BCUT2D eigenvalue weighted by molar-refractivity contribution is 1.27. The Hall–Kier alpha value is -2.76. The minimum absolute atomic E-state index is 0.168. The molecule has 19 heavy (non-hydrogen) atoms. The van der Waals surface area contributed by atoms with Crippen LogP contribution in [-0.2, 0) is 0 Å². The number of anilines is 1. The number of nitrogen functional groups attached to an aromatic ring is 1. The van der Waals surface area contributed by atoms with Crippen LogP contribution in [0.15, 0.2) is 58.2 Å². The van der Waals surface area contributed by atoms with Gasteiger partial charge < -0.3 is 11.5 Å². The highest BCUT2D eigenvalue weighted by molar-refractivity contribution is 5.76. The van der Waals surface area contributed by atoms with Gasteiger partial charge in [-0.2, -0.15) is 0 Å². The predicted octanol–water partition coefficient (Wildman–Crippen LogP) is 2.95. The maximum absolute atomic E-state index is 10.7. The molecule has 1 aliphatic carbocycles. The Balaban J connectivity index is 2.50. The highest BCUT2D eigenvalue weighted by Gasteiger charge is 2.10. The van der Waals surface area contributed by atoms with Crippen molar-refractivity contribution in [2.24, 2.45) is 16.1 Å². The molecule has 0 aromatic heterocycles. The molecule has 0 bridgehead atoms. The summed E-state index contributed by atoms with van der Waals surface area (Å²) < 4.78 is 0. The molecule has 6 heteroatoms. The van der Waals surface area contributed by atoms with E-state index in [1.807, 2.05) is 6.08 Å². The van der Waals surface area contributed by atoms with Gasteiger partial charge >= 0.3 is 0 Å². The molecule has 1 aliphatic rings. The van der Waals surface area contributed by atoms with Crippen molar-refractivity contribution >= 4 is 16.9 Å². The third-order valence-electron chi connectivity index (χ3n) is 2.84. The quantitative estimate of drug-likeness (QED) is 0.639. The zero-order valence-electron chi connectivity index (χ0n) is 10.0. The molecule has 0 heterocycles. The maximum atomic E-state index is 10.7. The minimum Gasteiger partial charge on any atom is -0.397 e. The third-order valence-corrected chi connectivity index (χ3v) is 2.84. The van der Waals surface area contributed by atoms with Crippen molar-refractivity contribution in [3.8, 4) is 0 Å². The smallest absolute Gasteiger partial charge is 0.131 e. The highest BCUT2D eigenvalue weighted by atomic mass is 16.3. The van der Waals surface area contributed by atoms with Gasteiger partial charge in [-0.15, -0.1) is 9.81 Å². The molecule has 6 nitrogen and oxygen atoms in total. The zero-order chi connectivity index (χ0) is 13.8. The number of hydrogen-bond acceptors (Lipinski definition) is 6. The molecule has 0 saturated heterocycles. The summed E-state index contributed by atoms with van der Waals surface area (Å²) >= 11 is 0. The van der Waals surface area contributed by atoms with Gasteiger partial charge in [0, 0.05) is 0 Å². The van der Waals surface area contributed by atoms with E-state index in [0.29, 0.717) is 17.8 Å². The fourth-order valence-electron chi connectivity index (χ4n) is 1.81. The maximum Gasteiger partial charge on any atom is 0.131 e. The van der Waals surface area contributed by atoms with Gasteiger partial charge in [0.1, 0.15) is 11.4 Å². The van der Waals surface area contributed by atoms with E-state index >= 15 is 0 Å². The molecule has 0 aliphatic heterocycles. The van der Waals surface area contributed by atoms with E-state index in [9.17, 15) is 9.81 Å². The first-order valence-corrected chi connectivity index (χ1v) is 5.59. The minimum atomic E-state index is 0.168. The summed E-state index contributed by atoms with van der Waals surface area (Å²) in [4.78, 5) is 21.4. The van der Waals surface area contributed by atoms with Crippen LogP contribution in [0, 0.1) is 9.81 Å².